The molecule has 0 atom stereocenters. The van der Waals surface area contributed by atoms with Crippen LogP contribution >= 0.6 is 34.7 Å². The lowest BCUT2D eigenvalue weighted by Crippen LogP contribution is -1.81. The van der Waals surface area contributed by atoms with Crippen molar-refractivity contribution in [3.63, 3.8) is 0 Å². The second-order valence-corrected chi connectivity index (χ2v) is 6.93. The summed E-state index contributed by atoms with van der Waals surface area (Å²) in [5, 5.41) is 9.34. The number of anilines is 1. The number of thiazole rings is 1. The molecule has 5 nitrogen and oxygen atoms in total. The minimum Gasteiger partial charge on any atom is -0.420 e. The maximum absolute atomic E-state index is 5.85. The zero-order chi connectivity index (χ0) is 14.8. The van der Waals surface area contributed by atoms with Crippen LogP contribution in [-0.4, -0.2) is 15.2 Å². The highest BCUT2D eigenvalue weighted by molar-refractivity contribution is 8.00. The number of nitrogen functional groups attached to an aromatic ring is 1. The summed E-state index contributed by atoms with van der Waals surface area (Å²) in [6.07, 6.45) is 0. The number of nitrogens with zero attached hydrogens (tertiary/aromatic N) is 3. The topological polar surface area (TPSA) is 77.8 Å². The van der Waals surface area contributed by atoms with E-state index < -0.39 is 0 Å². The zero-order valence-electron chi connectivity index (χ0n) is 11.0. The lowest BCUT2D eigenvalue weighted by Gasteiger charge is -1.95. The number of aryl methyl sites for hydroxylation is 1. The van der Waals surface area contributed by atoms with Crippen molar-refractivity contribution in [3.05, 3.63) is 40.9 Å². The Kier molecular flexibility index (Phi) is 4.14. The number of rotatable bonds is 4. The first-order valence-corrected chi connectivity index (χ1v) is 8.24. The molecule has 0 aliphatic rings. The Morgan fingerprint density at radius 1 is 1.29 bits per heavy atom. The molecule has 0 spiro atoms. The van der Waals surface area contributed by atoms with Gasteiger partial charge in [0.15, 0.2) is 5.13 Å². The molecule has 2 N–H and O–H groups in total. The van der Waals surface area contributed by atoms with Gasteiger partial charge in [0.2, 0.25) is 11.8 Å². The molecule has 2 aromatic heterocycles. The first-order valence-electron chi connectivity index (χ1n) is 6.06. The SMILES string of the molecule is Cc1nc(N)sc1SCc1nnc(-c2ccc(Cl)cc2)o1. The molecule has 0 unspecified atom stereocenters. The highest BCUT2D eigenvalue weighted by atomic mass is 35.5. The third-order valence-electron chi connectivity index (χ3n) is 2.66. The molecule has 0 saturated heterocycles. The quantitative estimate of drug-likeness (QED) is 0.723. The molecule has 108 valence electrons. The Balaban J connectivity index is 1.70. The van der Waals surface area contributed by atoms with Gasteiger partial charge in [-0.25, -0.2) is 4.98 Å². The average Bonchev–Trinajstić information content (AvgIpc) is 3.04. The van der Waals surface area contributed by atoms with Gasteiger partial charge in [0.05, 0.1) is 15.7 Å². The number of hydrogen-bond acceptors (Lipinski definition) is 7. The second-order valence-electron chi connectivity index (χ2n) is 4.22. The van der Waals surface area contributed by atoms with Crippen LogP contribution in [0.3, 0.4) is 0 Å². The lowest BCUT2D eigenvalue weighted by atomic mass is 10.2. The zero-order valence-corrected chi connectivity index (χ0v) is 13.4. The molecule has 1 aromatic carbocycles. The van der Waals surface area contributed by atoms with E-state index in [4.69, 9.17) is 21.8 Å². The van der Waals surface area contributed by atoms with Crippen LogP contribution < -0.4 is 5.73 Å². The molecule has 3 rings (SSSR count). The van der Waals surface area contributed by atoms with Crippen molar-refractivity contribution in [2.75, 3.05) is 5.73 Å². The van der Waals surface area contributed by atoms with Gasteiger partial charge in [0.25, 0.3) is 0 Å². The predicted molar refractivity (Wildman–Crippen MR) is 85.6 cm³/mol. The van der Waals surface area contributed by atoms with Crippen molar-refractivity contribution in [3.8, 4) is 11.5 Å². The fourth-order valence-corrected chi connectivity index (χ4v) is 3.67. The van der Waals surface area contributed by atoms with Gasteiger partial charge in [-0.05, 0) is 31.2 Å². The van der Waals surface area contributed by atoms with Crippen molar-refractivity contribution >= 4 is 39.8 Å². The highest BCUT2D eigenvalue weighted by Gasteiger charge is 2.11. The largest absolute Gasteiger partial charge is 0.420 e. The van der Waals surface area contributed by atoms with Gasteiger partial charge in [0, 0.05) is 10.6 Å². The molecule has 0 saturated carbocycles. The molecule has 0 fully saturated rings. The van der Waals surface area contributed by atoms with Crippen LogP contribution in [0.25, 0.3) is 11.5 Å². The standard InChI is InChI=1S/C13H11ClN4OS2/c1-7-12(21-13(15)16-7)20-6-10-17-18-11(19-10)8-2-4-9(14)5-3-8/h2-5H,6H2,1H3,(H2,15,16). The van der Waals surface area contributed by atoms with Crippen molar-refractivity contribution in [1.29, 1.82) is 0 Å². The van der Waals surface area contributed by atoms with E-state index in [1.165, 1.54) is 11.3 Å². The summed E-state index contributed by atoms with van der Waals surface area (Å²) in [4.78, 5) is 4.18. The monoisotopic (exact) mass is 338 g/mol. The summed E-state index contributed by atoms with van der Waals surface area (Å²) in [6, 6.07) is 7.28. The molecule has 8 heteroatoms. The first kappa shape index (κ1) is 14.4. The average molecular weight is 339 g/mol. The minimum atomic E-state index is 0.489. The van der Waals surface area contributed by atoms with Crippen LogP contribution in [-0.2, 0) is 5.75 Å². The highest BCUT2D eigenvalue weighted by Crippen LogP contribution is 2.33. The van der Waals surface area contributed by atoms with Crippen molar-refractivity contribution < 1.29 is 4.42 Å². The molecular formula is C13H11ClN4OS2. The molecular weight excluding hydrogens is 328 g/mol. The van der Waals surface area contributed by atoms with Crippen LogP contribution in [0.5, 0.6) is 0 Å². The van der Waals surface area contributed by atoms with Gasteiger partial charge < -0.3 is 10.2 Å². The molecule has 0 aliphatic carbocycles. The van der Waals surface area contributed by atoms with Gasteiger partial charge in [-0.15, -0.1) is 22.0 Å². The van der Waals surface area contributed by atoms with E-state index in [1.54, 1.807) is 23.9 Å². The number of thioether (sulfide) groups is 1. The van der Waals surface area contributed by atoms with Crippen molar-refractivity contribution in [2.45, 2.75) is 16.9 Å². The smallest absolute Gasteiger partial charge is 0.247 e. The van der Waals surface area contributed by atoms with Crippen LogP contribution in [0.1, 0.15) is 11.6 Å². The van der Waals surface area contributed by atoms with E-state index >= 15 is 0 Å². The van der Waals surface area contributed by atoms with Crippen LogP contribution in [0.15, 0.2) is 32.9 Å². The maximum Gasteiger partial charge on any atom is 0.247 e. The van der Waals surface area contributed by atoms with Crippen molar-refractivity contribution in [1.82, 2.24) is 15.2 Å². The Labute approximate surface area is 134 Å². The van der Waals surface area contributed by atoms with E-state index in [1.807, 2.05) is 19.1 Å². The summed E-state index contributed by atoms with van der Waals surface area (Å²) < 4.78 is 6.71. The summed E-state index contributed by atoms with van der Waals surface area (Å²) in [5.74, 6) is 1.64. The normalized spacial score (nSPS) is 11.0. The van der Waals surface area contributed by atoms with E-state index in [0.717, 1.165) is 15.5 Å². The Hall–Kier alpha value is -1.57. The second kappa shape index (κ2) is 6.05. The van der Waals surface area contributed by atoms with Gasteiger partial charge in [0.1, 0.15) is 0 Å². The summed E-state index contributed by atoms with van der Waals surface area (Å²) >= 11 is 8.91. The van der Waals surface area contributed by atoms with Crippen molar-refractivity contribution in [2.24, 2.45) is 0 Å². The molecule has 0 radical (unpaired) electrons. The third kappa shape index (κ3) is 3.37. The fourth-order valence-electron chi connectivity index (χ4n) is 1.68. The van der Waals surface area contributed by atoms with E-state index in [9.17, 15) is 0 Å². The summed E-state index contributed by atoms with van der Waals surface area (Å²) in [5.41, 5.74) is 7.45. The van der Waals surface area contributed by atoms with E-state index in [-0.39, 0.29) is 0 Å². The predicted octanol–water partition coefficient (Wildman–Crippen LogP) is 4.03. The minimum absolute atomic E-state index is 0.489. The number of aromatic nitrogens is 3. The van der Waals surface area contributed by atoms with Crippen LogP contribution in [0, 0.1) is 6.92 Å². The maximum atomic E-state index is 5.85. The molecule has 3 aromatic rings. The lowest BCUT2D eigenvalue weighted by molar-refractivity contribution is 0.528. The summed E-state index contributed by atoms with van der Waals surface area (Å²) in [6.45, 7) is 1.93. The Bertz CT molecular complexity index is 754. The third-order valence-corrected chi connectivity index (χ3v) is 5.24. The first-order chi connectivity index (χ1) is 10.1. The van der Waals surface area contributed by atoms with Crippen LogP contribution in [0.2, 0.25) is 5.02 Å². The Morgan fingerprint density at radius 2 is 2.05 bits per heavy atom. The number of hydrogen-bond donors (Lipinski definition) is 1. The molecule has 0 bridgehead atoms. The van der Waals surface area contributed by atoms with Gasteiger partial charge in [-0.1, -0.05) is 22.9 Å². The molecule has 0 amide bonds. The fraction of sp³-hybridized carbons (Fsp3) is 0.154. The summed E-state index contributed by atoms with van der Waals surface area (Å²) in [7, 11) is 0. The van der Waals surface area contributed by atoms with Crippen LogP contribution in [0.4, 0.5) is 5.13 Å². The van der Waals surface area contributed by atoms with Gasteiger partial charge in [-0.3, -0.25) is 0 Å². The molecule has 2 heterocycles. The molecule has 0 aliphatic heterocycles. The number of nitrogens with two attached hydrogens (primary N) is 1. The van der Waals surface area contributed by atoms with E-state index in [2.05, 4.69) is 15.2 Å². The number of halogens is 1. The Morgan fingerprint density at radius 3 is 2.71 bits per heavy atom. The van der Waals surface area contributed by atoms with Gasteiger partial charge >= 0.3 is 0 Å². The van der Waals surface area contributed by atoms with E-state index in [0.29, 0.717) is 27.7 Å². The number of benzene rings is 1. The van der Waals surface area contributed by atoms with Gasteiger partial charge in [-0.2, -0.15) is 0 Å². The molecule has 21 heavy (non-hydrogen) atoms.